The van der Waals surface area contributed by atoms with E-state index in [1.807, 2.05) is 32.9 Å². The Kier molecular flexibility index (Phi) is 9.02. The summed E-state index contributed by atoms with van der Waals surface area (Å²) >= 11 is 0. The Morgan fingerprint density at radius 2 is 1.92 bits per heavy atom. The minimum atomic E-state index is -0.230. The van der Waals surface area contributed by atoms with Crippen molar-refractivity contribution in [2.45, 2.75) is 52.9 Å². The van der Waals surface area contributed by atoms with Crippen LogP contribution in [0.2, 0.25) is 0 Å². The van der Waals surface area contributed by atoms with Gasteiger partial charge in [0.1, 0.15) is 11.6 Å². The highest BCUT2D eigenvalue weighted by Crippen LogP contribution is 2.40. The number of morpholine rings is 1. The molecule has 0 saturated carbocycles. The van der Waals surface area contributed by atoms with Gasteiger partial charge < -0.3 is 24.4 Å². The van der Waals surface area contributed by atoms with Crippen LogP contribution in [0.15, 0.2) is 24.8 Å². The molecule has 0 amide bonds. The summed E-state index contributed by atoms with van der Waals surface area (Å²) in [6, 6.07) is 5.60. The first-order chi connectivity index (χ1) is 17.5. The lowest BCUT2D eigenvalue weighted by Crippen LogP contribution is -2.37. The molecule has 0 bridgehead atoms. The highest BCUT2D eigenvalue weighted by molar-refractivity contribution is 5.99. The van der Waals surface area contributed by atoms with Crippen LogP contribution in [0.5, 0.6) is 11.6 Å². The van der Waals surface area contributed by atoms with Gasteiger partial charge in [-0.2, -0.15) is 4.68 Å². The second-order valence-corrected chi connectivity index (χ2v) is 10.4. The summed E-state index contributed by atoms with van der Waals surface area (Å²) in [5.74, 6) is 1.54. The fourth-order valence-corrected chi connectivity index (χ4v) is 4.30. The number of aromatic nitrogens is 2. The number of nitrogens with one attached hydrogen (secondary N) is 2. The lowest BCUT2D eigenvalue weighted by Gasteiger charge is -2.33. The lowest BCUT2D eigenvalue weighted by atomic mass is 9.84. The van der Waals surface area contributed by atoms with Crippen molar-refractivity contribution in [3.8, 4) is 11.6 Å². The van der Waals surface area contributed by atoms with E-state index in [2.05, 4.69) is 42.7 Å². The molecular weight excluding hydrogens is 470 g/mol. The molecule has 1 fully saturated rings. The maximum Gasteiger partial charge on any atom is 0.232 e. The second kappa shape index (κ2) is 11.8. The van der Waals surface area contributed by atoms with Gasteiger partial charge in [0.2, 0.25) is 5.88 Å². The van der Waals surface area contributed by atoms with E-state index in [4.69, 9.17) is 19.6 Å². The van der Waals surface area contributed by atoms with Crippen LogP contribution >= 0.6 is 0 Å². The van der Waals surface area contributed by atoms with Crippen molar-refractivity contribution < 1.29 is 19.0 Å². The summed E-state index contributed by atoms with van der Waals surface area (Å²) in [5.41, 5.74) is 3.22. The summed E-state index contributed by atoms with van der Waals surface area (Å²) in [4.78, 5) is 15.6. The summed E-state index contributed by atoms with van der Waals surface area (Å²) in [5, 5.41) is 16.1. The number of carbonyl (C=O) groups is 1. The molecule has 9 heteroatoms. The fourth-order valence-electron chi connectivity index (χ4n) is 4.30. The molecule has 9 nitrogen and oxygen atoms in total. The monoisotopic (exact) mass is 511 g/mol. The number of Topliss-reactive ketones (excluding diaryl/α,β-unsaturated/α-hetero) is 1. The zero-order chi connectivity index (χ0) is 27.3. The Balaban J connectivity index is 1.91. The molecule has 1 aromatic heterocycles. The largest absolute Gasteiger partial charge is 0.494 e. The molecule has 1 aromatic carbocycles. The van der Waals surface area contributed by atoms with Gasteiger partial charge in [0.25, 0.3) is 0 Å². The maximum absolute atomic E-state index is 13.4. The number of nitrogens with zero attached hydrogens (tertiary/aromatic N) is 3. The Bertz CT molecular complexity index is 1190. The number of methoxy groups -OCH3 is 1. The van der Waals surface area contributed by atoms with Crippen molar-refractivity contribution in [3.63, 3.8) is 0 Å². The standard InChI is InChI=1S/C28H41N5O4/c1-9-37-25-16-21(18(2)3)27(29)33(31-25)19(4)30-17-24(34)20-14-22(28(5,6)7)26(35-8)23(15-20)32-10-12-36-13-11-32/h14-16,18,29-30H,4,9-13,17H2,1-3,5-8H3. The first-order valence-electron chi connectivity index (χ1n) is 12.8. The van der Waals surface area contributed by atoms with Crippen molar-refractivity contribution in [1.82, 2.24) is 15.1 Å². The Morgan fingerprint density at radius 1 is 1.24 bits per heavy atom. The quantitative estimate of drug-likeness (QED) is 0.466. The Morgan fingerprint density at radius 3 is 2.49 bits per heavy atom. The third-order valence-electron chi connectivity index (χ3n) is 6.34. The van der Waals surface area contributed by atoms with E-state index < -0.39 is 0 Å². The molecular formula is C28H41N5O4. The lowest BCUT2D eigenvalue weighted by molar-refractivity contribution is 0.0995. The molecule has 37 heavy (non-hydrogen) atoms. The number of anilines is 1. The van der Waals surface area contributed by atoms with Crippen molar-refractivity contribution in [1.29, 1.82) is 5.41 Å². The van der Waals surface area contributed by atoms with Crippen molar-refractivity contribution in [3.05, 3.63) is 47.0 Å². The molecule has 0 atom stereocenters. The van der Waals surface area contributed by atoms with Gasteiger partial charge in [-0.15, -0.1) is 5.10 Å². The van der Waals surface area contributed by atoms with Crippen molar-refractivity contribution in [2.75, 3.05) is 51.5 Å². The van der Waals surface area contributed by atoms with E-state index in [0.29, 0.717) is 37.1 Å². The van der Waals surface area contributed by atoms with Gasteiger partial charge in [-0.3, -0.25) is 10.2 Å². The van der Waals surface area contributed by atoms with Crippen LogP contribution in [0, 0.1) is 5.41 Å². The molecule has 2 N–H and O–H groups in total. The number of carbonyl (C=O) groups excluding carboxylic acids is 1. The smallest absolute Gasteiger partial charge is 0.232 e. The minimum absolute atomic E-state index is 0.00128. The zero-order valence-corrected chi connectivity index (χ0v) is 23.2. The van der Waals surface area contributed by atoms with Gasteiger partial charge in [0.15, 0.2) is 11.3 Å². The normalized spacial score (nSPS) is 14.0. The van der Waals surface area contributed by atoms with Crippen LogP contribution in [-0.4, -0.2) is 62.1 Å². The van der Waals surface area contributed by atoms with E-state index in [0.717, 1.165) is 35.7 Å². The van der Waals surface area contributed by atoms with Gasteiger partial charge >= 0.3 is 0 Å². The van der Waals surface area contributed by atoms with Crippen LogP contribution in [0.25, 0.3) is 5.82 Å². The predicted molar refractivity (Wildman–Crippen MR) is 146 cm³/mol. The molecule has 1 aliphatic rings. The number of benzene rings is 1. The number of hydrogen-bond donors (Lipinski definition) is 2. The van der Waals surface area contributed by atoms with Crippen LogP contribution in [0.3, 0.4) is 0 Å². The van der Waals surface area contributed by atoms with Gasteiger partial charge in [-0.05, 0) is 30.4 Å². The summed E-state index contributed by atoms with van der Waals surface area (Å²) in [6.45, 7) is 19.5. The highest BCUT2D eigenvalue weighted by atomic mass is 16.5. The minimum Gasteiger partial charge on any atom is -0.494 e. The molecule has 2 heterocycles. The van der Waals surface area contributed by atoms with E-state index in [9.17, 15) is 4.79 Å². The SMILES string of the molecule is C=C(NCC(=O)c1cc(N2CCOCC2)c(OC)c(C(C)(C)C)c1)n1nc(OCC)cc(C(C)C)c1=N. The zero-order valence-electron chi connectivity index (χ0n) is 23.2. The fraction of sp³-hybridized carbons (Fsp3) is 0.536. The number of hydrogen-bond acceptors (Lipinski definition) is 8. The summed E-state index contributed by atoms with van der Waals surface area (Å²) in [7, 11) is 1.67. The van der Waals surface area contributed by atoms with Gasteiger partial charge in [0, 0.05) is 35.8 Å². The molecule has 0 spiro atoms. The molecule has 202 valence electrons. The molecule has 1 saturated heterocycles. The topological polar surface area (TPSA) is 102 Å². The van der Waals surface area contributed by atoms with E-state index in [-0.39, 0.29) is 29.1 Å². The summed E-state index contributed by atoms with van der Waals surface area (Å²) in [6.07, 6.45) is 0. The average Bonchev–Trinajstić information content (AvgIpc) is 2.87. The van der Waals surface area contributed by atoms with Crippen LogP contribution in [0.4, 0.5) is 5.69 Å². The third kappa shape index (κ3) is 6.52. The van der Waals surface area contributed by atoms with Crippen LogP contribution < -0.4 is 25.2 Å². The molecule has 1 aliphatic heterocycles. The summed E-state index contributed by atoms with van der Waals surface area (Å²) < 4.78 is 18.4. The Hall–Kier alpha value is -3.33. The van der Waals surface area contributed by atoms with Crippen molar-refractivity contribution in [2.24, 2.45) is 0 Å². The van der Waals surface area contributed by atoms with E-state index in [1.54, 1.807) is 13.2 Å². The second-order valence-electron chi connectivity index (χ2n) is 10.4. The number of ketones is 1. The van der Waals surface area contributed by atoms with Gasteiger partial charge in [0.05, 0.1) is 39.2 Å². The Labute approximate surface area is 219 Å². The van der Waals surface area contributed by atoms with Gasteiger partial charge in [-0.25, -0.2) is 0 Å². The molecule has 2 aromatic rings. The van der Waals surface area contributed by atoms with Crippen molar-refractivity contribution >= 4 is 17.3 Å². The third-order valence-corrected chi connectivity index (χ3v) is 6.34. The van der Waals surface area contributed by atoms with Crippen LogP contribution in [-0.2, 0) is 10.2 Å². The number of ether oxygens (including phenoxy) is 3. The molecule has 0 radical (unpaired) electrons. The molecule has 0 unspecified atom stereocenters. The van der Waals surface area contributed by atoms with E-state index in [1.165, 1.54) is 4.68 Å². The van der Waals surface area contributed by atoms with E-state index >= 15 is 0 Å². The first-order valence-corrected chi connectivity index (χ1v) is 12.8. The highest BCUT2D eigenvalue weighted by Gasteiger charge is 2.27. The number of rotatable bonds is 10. The predicted octanol–water partition coefficient (Wildman–Crippen LogP) is 3.93. The van der Waals surface area contributed by atoms with Gasteiger partial charge in [-0.1, -0.05) is 41.2 Å². The molecule has 0 aliphatic carbocycles. The first kappa shape index (κ1) is 28.2. The van der Waals surface area contributed by atoms with Crippen LogP contribution in [0.1, 0.15) is 68.9 Å². The average molecular weight is 512 g/mol. The maximum atomic E-state index is 13.4. The molecule has 3 rings (SSSR count).